The van der Waals surface area contributed by atoms with Crippen LogP contribution in [-0.4, -0.2) is 18.6 Å². The van der Waals surface area contributed by atoms with Crippen LogP contribution in [0.4, 0.5) is 10.1 Å². The molecule has 108 valence electrons. The fourth-order valence-corrected chi connectivity index (χ4v) is 2.14. The predicted molar refractivity (Wildman–Crippen MR) is 76.4 cm³/mol. The first-order valence-corrected chi connectivity index (χ1v) is 6.66. The molecular formula is C15H11ClFNO3. The second-order valence-electron chi connectivity index (χ2n) is 4.45. The van der Waals surface area contributed by atoms with Crippen molar-refractivity contribution in [1.29, 1.82) is 0 Å². The molecule has 0 radical (unpaired) electrons. The van der Waals surface area contributed by atoms with Gasteiger partial charge in [0, 0.05) is 0 Å². The molecule has 2 aromatic rings. The molecule has 1 unspecified atom stereocenters. The highest BCUT2D eigenvalue weighted by molar-refractivity contribution is 6.31. The van der Waals surface area contributed by atoms with Gasteiger partial charge in [-0.05, 0) is 24.3 Å². The van der Waals surface area contributed by atoms with Crippen molar-refractivity contribution in [1.82, 2.24) is 0 Å². The molecule has 0 aromatic heterocycles. The van der Waals surface area contributed by atoms with E-state index in [1.165, 1.54) is 12.1 Å². The van der Waals surface area contributed by atoms with Crippen LogP contribution in [0.15, 0.2) is 42.5 Å². The van der Waals surface area contributed by atoms with Gasteiger partial charge in [0.1, 0.15) is 6.61 Å². The summed E-state index contributed by atoms with van der Waals surface area (Å²) < 4.78 is 24.7. The molecule has 1 amide bonds. The van der Waals surface area contributed by atoms with Crippen LogP contribution in [0.1, 0.15) is 0 Å². The first-order valence-electron chi connectivity index (χ1n) is 6.28. The number of benzene rings is 2. The number of para-hydroxylation sites is 2. The minimum atomic E-state index is -0.849. The Morgan fingerprint density at radius 2 is 1.95 bits per heavy atom. The average molecular weight is 308 g/mol. The van der Waals surface area contributed by atoms with Gasteiger partial charge in [0.05, 0.1) is 10.7 Å². The standard InChI is InChI=1S/C15H11ClFNO3/c16-9-4-3-5-10(14(9)17)18-15(19)13-8-20-11-6-1-2-7-12(11)21-13/h1-7,13H,8H2,(H,18,19). The Morgan fingerprint density at radius 3 is 2.76 bits per heavy atom. The Bertz CT molecular complexity index is 692. The largest absolute Gasteiger partial charge is 0.485 e. The normalized spacial score (nSPS) is 16.4. The molecule has 1 aliphatic rings. The quantitative estimate of drug-likeness (QED) is 0.926. The van der Waals surface area contributed by atoms with E-state index in [0.717, 1.165) is 0 Å². The summed E-state index contributed by atoms with van der Waals surface area (Å²) in [4.78, 5) is 12.1. The summed E-state index contributed by atoms with van der Waals surface area (Å²) in [7, 11) is 0. The summed E-state index contributed by atoms with van der Waals surface area (Å²) >= 11 is 5.67. The van der Waals surface area contributed by atoms with Crippen LogP contribution >= 0.6 is 11.6 Å². The first kappa shape index (κ1) is 13.7. The Balaban J connectivity index is 1.74. The smallest absolute Gasteiger partial charge is 0.269 e. The monoisotopic (exact) mass is 307 g/mol. The molecule has 21 heavy (non-hydrogen) atoms. The van der Waals surface area contributed by atoms with Crippen molar-refractivity contribution >= 4 is 23.2 Å². The number of hydrogen-bond donors (Lipinski definition) is 1. The molecule has 1 atom stereocenters. The maximum atomic E-state index is 13.7. The third-order valence-electron chi connectivity index (χ3n) is 3.01. The highest BCUT2D eigenvalue weighted by Gasteiger charge is 2.27. The van der Waals surface area contributed by atoms with Gasteiger partial charge in [-0.3, -0.25) is 4.79 Å². The number of carbonyl (C=O) groups excluding carboxylic acids is 1. The highest BCUT2D eigenvalue weighted by atomic mass is 35.5. The van der Waals surface area contributed by atoms with Crippen molar-refractivity contribution < 1.29 is 18.7 Å². The lowest BCUT2D eigenvalue weighted by atomic mass is 10.2. The molecule has 0 fully saturated rings. The molecule has 0 aliphatic carbocycles. The van der Waals surface area contributed by atoms with Gasteiger partial charge in [0.25, 0.3) is 5.91 Å². The zero-order valence-corrected chi connectivity index (χ0v) is 11.6. The second-order valence-corrected chi connectivity index (χ2v) is 4.86. The van der Waals surface area contributed by atoms with E-state index in [1.54, 1.807) is 24.3 Å². The van der Waals surface area contributed by atoms with E-state index in [-0.39, 0.29) is 17.3 Å². The lowest BCUT2D eigenvalue weighted by molar-refractivity contribution is -0.125. The van der Waals surface area contributed by atoms with Crippen molar-refractivity contribution in [3.8, 4) is 11.5 Å². The summed E-state index contributed by atoms with van der Waals surface area (Å²) in [5, 5.41) is 2.39. The zero-order valence-electron chi connectivity index (χ0n) is 10.8. The first-order chi connectivity index (χ1) is 10.1. The molecule has 1 heterocycles. The second kappa shape index (κ2) is 5.61. The van der Waals surface area contributed by atoms with E-state index in [4.69, 9.17) is 21.1 Å². The van der Waals surface area contributed by atoms with Gasteiger partial charge >= 0.3 is 0 Å². The van der Waals surface area contributed by atoms with E-state index in [2.05, 4.69) is 5.32 Å². The Hall–Kier alpha value is -2.27. The molecule has 1 N–H and O–H groups in total. The molecule has 6 heteroatoms. The van der Waals surface area contributed by atoms with Crippen molar-refractivity contribution in [2.45, 2.75) is 6.10 Å². The molecule has 2 aromatic carbocycles. The minimum Gasteiger partial charge on any atom is -0.485 e. The number of anilines is 1. The average Bonchev–Trinajstić information content (AvgIpc) is 2.51. The number of fused-ring (bicyclic) bond motifs is 1. The topological polar surface area (TPSA) is 47.6 Å². The van der Waals surface area contributed by atoms with Crippen LogP contribution in [0.5, 0.6) is 11.5 Å². The van der Waals surface area contributed by atoms with Gasteiger partial charge in [-0.25, -0.2) is 4.39 Å². The van der Waals surface area contributed by atoms with Crippen LogP contribution in [0, 0.1) is 5.82 Å². The van der Waals surface area contributed by atoms with Crippen LogP contribution in [0.3, 0.4) is 0 Å². The van der Waals surface area contributed by atoms with Crippen LogP contribution in [0.2, 0.25) is 5.02 Å². The van der Waals surface area contributed by atoms with E-state index in [9.17, 15) is 9.18 Å². The molecule has 0 saturated heterocycles. The Labute approximate surface area is 125 Å². The maximum Gasteiger partial charge on any atom is 0.269 e. The number of nitrogens with one attached hydrogen (secondary N) is 1. The molecule has 4 nitrogen and oxygen atoms in total. The number of hydrogen-bond acceptors (Lipinski definition) is 3. The maximum absolute atomic E-state index is 13.7. The minimum absolute atomic E-state index is 0.00922. The Morgan fingerprint density at radius 1 is 1.19 bits per heavy atom. The molecule has 3 rings (SSSR count). The van der Waals surface area contributed by atoms with Gasteiger partial charge in [0.2, 0.25) is 6.10 Å². The predicted octanol–water partition coefficient (Wildman–Crippen LogP) is 3.26. The fraction of sp³-hybridized carbons (Fsp3) is 0.133. The van der Waals surface area contributed by atoms with Gasteiger partial charge < -0.3 is 14.8 Å². The SMILES string of the molecule is O=C(Nc1cccc(Cl)c1F)C1COc2ccccc2O1. The number of carbonyl (C=O) groups is 1. The molecule has 0 spiro atoms. The van der Waals surface area contributed by atoms with Crippen molar-refractivity contribution in [2.75, 3.05) is 11.9 Å². The molecular weight excluding hydrogens is 297 g/mol. The zero-order chi connectivity index (χ0) is 14.8. The van der Waals surface area contributed by atoms with E-state index >= 15 is 0 Å². The summed E-state index contributed by atoms with van der Waals surface area (Å²) in [6, 6.07) is 11.4. The van der Waals surface area contributed by atoms with Gasteiger partial charge in [-0.2, -0.15) is 0 Å². The van der Waals surface area contributed by atoms with Crippen LogP contribution in [0.25, 0.3) is 0 Å². The lowest BCUT2D eigenvalue weighted by Crippen LogP contribution is -2.40. The van der Waals surface area contributed by atoms with Crippen molar-refractivity contribution in [3.05, 3.63) is 53.3 Å². The van der Waals surface area contributed by atoms with E-state index in [1.807, 2.05) is 6.07 Å². The van der Waals surface area contributed by atoms with Crippen molar-refractivity contribution in [3.63, 3.8) is 0 Å². The number of ether oxygens (including phenoxy) is 2. The fourth-order valence-electron chi connectivity index (χ4n) is 1.96. The summed E-state index contributed by atoms with van der Waals surface area (Å²) in [6.07, 6.45) is -0.849. The third-order valence-corrected chi connectivity index (χ3v) is 3.30. The van der Waals surface area contributed by atoms with Crippen LogP contribution in [-0.2, 0) is 4.79 Å². The van der Waals surface area contributed by atoms with E-state index in [0.29, 0.717) is 11.5 Å². The van der Waals surface area contributed by atoms with E-state index < -0.39 is 17.8 Å². The third kappa shape index (κ3) is 2.78. The number of rotatable bonds is 2. The molecule has 0 saturated carbocycles. The Kier molecular flexibility index (Phi) is 3.66. The number of halogens is 2. The molecule has 1 aliphatic heterocycles. The summed E-state index contributed by atoms with van der Waals surface area (Å²) in [5.41, 5.74) is 0.00922. The lowest BCUT2D eigenvalue weighted by Gasteiger charge is -2.25. The van der Waals surface area contributed by atoms with Gasteiger partial charge in [-0.1, -0.05) is 29.8 Å². The summed E-state index contributed by atoms with van der Waals surface area (Å²) in [5.74, 6) is -0.110. The highest BCUT2D eigenvalue weighted by Crippen LogP contribution is 2.31. The van der Waals surface area contributed by atoms with Gasteiger partial charge in [-0.15, -0.1) is 0 Å². The van der Waals surface area contributed by atoms with Crippen LogP contribution < -0.4 is 14.8 Å². The number of amides is 1. The molecule has 0 bridgehead atoms. The van der Waals surface area contributed by atoms with Gasteiger partial charge in [0.15, 0.2) is 17.3 Å². The summed E-state index contributed by atoms with van der Waals surface area (Å²) in [6.45, 7) is 0.0605. The van der Waals surface area contributed by atoms with Crippen molar-refractivity contribution in [2.24, 2.45) is 0 Å².